The summed E-state index contributed by atoms with van der Waals surface area (Å²) in [5.74, 6) is -0.456. The minimum Gasteiger partial charge on any atom is -0.323 e. The van der Waals surface area contributed by atoms with E-state index in [1.54, 1.807) is 19.1 Å². The molecule has 1 saturated heterocycles. The lowest BCUT2D eigenvalue weighted by Gasteiger charge is -2.13. The number of carbonyl (C=O) groups excluding carboxylic acids is 1. The molecule has 3 unspecified atom stereocenters. The van der Waals surface area contributed by atoms with Gasteiger partial charge in [-0.3, -0.25) is 14.9 Å². The van der Waals surface area contributed by atoms with Crippen LogP contribution in [0, 0.1) is 10.1 Å². The van der Waals surface area contributed by atoms with Crippen molar-refractivity contribution in [2.24, 2.45) is 0 Å². The molecule has 1 aromatic heterocycles. The average molecular weight is 297 g/mol. The molecule has 0 radical (unpaired) electrons. The van der Waals surface area contributed by atoms with Gasteiger partial charge < -0.3 is 5.32 Å². The number of nitro groups is 1. The number of amides is 1. The number of hydrazine groups is 1. The van der Waals surface area contributed by atoms with E-state index in [1.165, 1.54) is 18.0 Å². The number of nitrogens with zero attached hydrogens (tertiary/aromatic N) is 2. The van der Waals surface area contributed by atoms with E-state index in [0.717, 1.165) is 5.03 Å². The predicted molar refractivity (Wildman–Crippen MR) is 75.0 cm³/mol. The fraction of sp³-hybridized carbons (Fsp3) is 0.455. The van der Waals surface area contributed by atoms with E-state index in [-0.39, 0.29) is 0 Å². The number of aromatic nitrogens is 1. The summed E-state index contributed by atoms with van der Waals surface area (Å²) in [7, 11) is 0. The fourth-order valence-electron chi connectivity index (χ4n) is 2.00. The molecule has 1 aromatic rings. The molecule has 0 saturated carbocycles. The van der Waals surface area contributed by atoms with Gasteiger partial charge in [0.15, 0.2) is 6.04 Å². The maximum atomic E-state index is 12.1. The molecule has 3 N–H and O–H groups in total. The molecule has 0 spiro atoms. The van der Waals surface area contributed by atoms with E-state index in [2.05, 4.69) is 21.2 Å². The number of nitrogens with one attached hydrogen (secondary N) is 3. The first-order valence-corrected chi connectivity index (χ1v) is 7.21. The second-order valence-electron chi connectivity index (χ2n) is 4.41. The molecule has 8 nitrogen and oxygen atoms in total. The third-order valence-electron chi connectivity index (χ3n) is 3.06. The molecular formula is C11H15N5O3S. The Morgan fingerprint density at radius 2 is 2.25 bits per heavy atom. The van der Waals surface area contributed by atoms with Gasteiger partial charge >= 0.3 is 0 Å². The third-order valence-corrected chi connectivity index (χ3v) is 3.72. The molecule has 1 aliphatic heterocycles. The van der Waals surface area contributed by atoms with Gasteiger partial charge in [-0.15, -0.1) is 11.8 Å². The Hall–Kier alpha value is -1.71. The molecule has 0 aliphatic carbocycles. The van der Waals surface area contributed by atoms with Gasteiger partial charge in [0, 0.05) is 4.92 Å². The topological polar surface area (TPSA) is 109 Å². The van der Waals surface area contributed by atoms with Crippen LogP contribution < -0.4 is 16.2 Å². The highest BCUT2D eigenvalue weighted by molar-refractivity contribution is 7.98. The van der Waals surface area contributed by atoms with Crippen molar-refractivity contribution in [2.75, 3.05) is 11.6 Å². The zero-order valence-electron chi connectivity index (χ0n) is 11.0. The van der Waals surface area contributed by atoms with Crippen LogP contribution in [0.3, 0.4) is 0 Å². The van der Waals surface area contributed by atoms with Crippen LogP contribution in [-0.4, -0.2) is 40.2 Å². The Bertz CT molecular complexity index is 509. The minimum absolute atomic E-state index is 0.419. The average Bonchev–Trinajstić information content (AvgIpc) is 2.81. The number of rotatable bonds is 4. The van der Waals surface area contributed by atoms with Crippen molar-refractivity contribution in [2.45, 2.75) is 30.1 Å². The lowest BCUT2D eigenvalue weighted by atomic mass is 10.0. The first-order chi connectivity index (χ1) is 9.52. The summed E-state index contributed by atoms with van der Waals surface area (Å²) in [6.45, 7) is 1.66. The van der Waals surface area contributed by atoms with Gasteiger partial charge in [-0.25, -0.2) is 15.8 Å². The summed E-state index contributed by atoms with van der Waals surface area (Å²) in [5, 5.41) is 14.4. The van der Waals surface area contributed by atoms with Gasteiger partial charge in [0.25, 0.3) is 6.04 Å². The number of anilines is 1. The summed E-state index contributed by atoms with van der Waals surface area (Å²) in [6, 6.07) is 1.14. The normalized spacial score (nSPS) is 25.4. The molecule has 1 amide bonds. The van der Waals surface area contributed by atoms with Crippen molar-refractivity contribution in [1.29, 1.82) is 0 Å². The second kappa shape index (κ2) is 6.16. The molecular weight excluding hydrogens is 282 g/mol. The first-order valence-electron chi connectivity index (χ1n) is 5.98. The monoisotopic (exact) mass is 297 g/mol. The van der Waals surface area contributed by atoms with Gasteiger partial charge in [0.1, 0.15) is 0 Å². The quantitative estimate of drug-likeness (QED) is 0.415. The molecule has 0 aromatic carbocycles. The summed E-state index contributed by atoms with van der Waals surface area (Å²) in [4.78, 5) is 26.7. The van der Waals surface area contributed by atoms with Crippen LogP contribution in [0.1, 0.15) is 6.92 Å². The molecule has 2 heterocycles. The van der Waals surface area contributed by atoms with Crippen molar-refractivity contribution < 1.29 is 9.72 Å². The highest BCUT2D eigenvalue weighted by atomic mass is 32.2. The molecule has 9 heteroatoms. The van der Waals surface area contributed by atoms with Crippen LogP contribution >= 0.6 is 11.8 Å². The van der Waals surface area contributed by atoms with Crippen molar-refractivity contribution >= 4 is 23.4 Å². The summed E-state index contributed by atoms with van der Waals surface area (Å²) < 4.78 is 0. The van der Waals surface area contributed by atoms with Gasteiger partial charge in [-0.1, -0.05) is 0 Å². The van der Waals surface area contributed by atoms with Gasteiger partial charge in [-0.2, -0.15) is 0 Å². The molecule has 108 valence electrons. The molecule has 20 heavy (non-hydrogen) atoms. The van der Waals surface area contributed by atoms with Crippen LogP contribution in [0.25, 0.3) is 0 Å². The zero-order chi connectivity index (χ0) is 14.7. The van der Waals surface area contributed by atoms with Crippen LogP contribution in [0.15, 0.2) is 23.4 Å². The van der Waals surface area contributed by atoms with Gasteiger partial charge in [0.05, 0.1) is 23.0 Å². The van der Waals surface area contributed by atoms with Crippen LogP contribution in [0.5, 0.6) is 0 Å². The smallest absolute Gasteiger partial charge is 0.254 e. The van der Waals surface area contributed by atoms with Crippen molar-refractivity contribution in [1.82, 2.24) is 15.8 Å². The van der Waals surface area contributed by atoms with Crippen LogP contribution in [-0.2, 0) is 4.79 Å². The Labute approximate surface area is 119 Å². The summed E-state index contributed by atoms with van der Waals surface area (Å²) in [6.07, 6.45) is 3.43. The number of thioether (sulfide) groups is 1. The molecule has 0 bridgehead atoms. The Kier molecular flexibility index (Phi) is 4.53. The maximum Gasteiger partial charge on any atom is 0.254 e. The SMILES string of the molecule is CSc1ccc(NC(=O)C2NNC(C)C2[N+](=O)[O-])cn1. The van der Waals surface area contributed by atoms with Gasteiger partial charge in [0.2, 0.25) is 5.91 Å². The van der Waals surface area contributed by atoms with Crippen molar-refractivity contribution in [3.05, 3.63) is 28.4 Å². The van der Waals surface area contributed by atoms with E-state index < -0.39 is 29.0 Å². The number of carbonyl (C=O) groups is 1. The standard InChI is InChI=1S/C11H15N5O3S/c1-6-10(16(18)19)9(15-14-6)11(17)13-7-3-4-8(20-2)12-5-7/h3-6,9-10,14-15H,1-2H3,(H,13,17). The lowest BCUT2D eigenvalue weighted by Crippen LogP contribution is -2.47. The van der Waals surface area contributed by atoms with Crippen LogP contribution in [0.2, 0.25) is 0 Å². The van der Waals surface area contributed by atoms with E-state index in [9.17, 15) is 14.9 Å². The van der Waals surface area contributed by atoms with E-state index in [4.69, 9.17) is 0 Å². The number of hydrogen-bond donors (Lipinski definition) is 3. The van der Waals surface area contributed by atoms with E-state index in [1.807, 2.05) is 6.26 Å². The predicted octanol–water partition coefficient (Wildman–Crippen LogP) is 0.252. The Morgan fingerprint density at radius 1 is 1.50 bits per heavy atom. The third kappa shape index (κ3) is 3.06. The second-order valence-corrected chi connectivity index (χ2v) is 5.24. The Balaban J connectivity index is 2.05. The largest absolute Gasteiger partial charge is 0.323 e. The van der Waals surface area contributed by atoms with Gasteiger partial charge in [-0.05, 0) is 25.3 Å². The number of pyridine rings is 1. The van der Waals surface area contributed by atoms with Crippen molar-refractivity contribution in [3.63, 3.8) is 0 Å². The van der Waals surface area contributed by atoms with Crippen molar-refractivity contribution in [3.8, 4) is 0 Å². The summed E-state index contributed by atoms with van der Waals surface area (Å²) >= 11 is 1.49. The molecule has 1 fully saturated rings. The minimum atomic E-state index is -1.01. The van der Waals surface area contributed by atoms with E-state index >= 15 is 0 Å². The Morgan fingerprint density at radius 3 is 2.80 bits per heavy atom. The zero-order valence-corrected chi connectivity index (χ0v) is 11.8. The lowest BCUT2D eigenvalue weighted by molar-refractivity contribution is -0.522. The highest BCUT2D eigenvalue weighted by Gasteiger charge is 2.46. The maximum absolute atomic E-state index is 12.1. The highest BCUT2D eigenvalue weighted by Crippen LogP contribution is 2.16. The molecule has 2 rings (SSSR count). The van der Waals surface area contributed by atoms with E-state index in [0.29, 0.717) is 5.69 Å². The first kappa shape index (κ1) is 14.7. The fourth-order valence-corrected chi connectivity index (χ4v) is 2.36. The summed E-state index contributed by atoms with van der Waals surface area (Å²) in [5.41, 5.74) is 5.88. The number of hydrogen-bond acceptors (Lipinski definition) is 7. The molecule has 3 atom stereocenters. The van der Waals surface area contributed by atoms with Crippen LogP contribution in [0.4, 0.5) is 5.69 Å². The molecule has 1 aliphatic rings.